The molecule has 11 heteroatoms. The first-order valence-corrected chi connectivity index (χ1v) is 9.69. The maximum Gasteiger partial charge on any atom is 0.305 e. The first-order chi connectivity index (χ1) is 12.3. The number of nitriles is 1. The van der Waals surface area contributed by atoms with Gasteiger partial charge in [0.1, 0.15) is 11.6 Å². The number of benzene rings is 1. The molecule has 26 heavy (non-hydrogen) atoms. The standard InChI is InChI=1S/C15H16Br2N4O5/c16-2-5-20(6-3-17)12-8-11(15(24)19-4-1-14(22)23)13(21(25)26)7-10(12)9-18/h7-8H,1-6H2,(H,19,24)(H,22,23). The van der Waals surface area contributed by atoms with Crippen LogP contribution in [-0.2, 0) is 4.79 Å². The molecular formula is C15H16Br2N4O5. The van der Waals surface area contributed by atoms with E-state index in [1.807, 2.05) is 11.0 Å². The Morgan fingerprint density at radius 3 is 2.38 bits per heavy atom. The van der Waals surface area contributed by atoms with E-state index in [-0.39, 0.29) is 24.1 Å². The highest BCUT2D eigenvalue weighted by atomic mass is 79.9. The fourth-order valence-corrected chi connectivity index (χ4v) is 3.05. The number of amides is 1. The minimum atomic E-state index is -1.10. The van der Waals surface area contributed by atoms with Gasteiger partial charge in [0.25, 0.3) is 11.6 Å². The van der Waals surface area contributed by atoms with E-state index in [1.165, 1.54) is 6.07 Å². The lowest BCUT2D eigenvalue weighted by molar-refractivity contribution is -0.385. The fourth-order valence-electron chi connectivity index (χ4n) is 2.20. The molecule has 0 aliphatic heterocycles. The van der Waals surface area contributed by atoms with Crippen molar-refractivity contribution in [3.8, 4) is 6.07 Å². The van der Waals surface area contributed by atoms with Crippen LogP contribution in [0.5, 0.6) is 0 Å². The van der Waals surface area contributed by atoms with Crippen molar-refractivity contribution in [2.75, 3.05) is 35.2 Å². The highest BCUT2D eigenvalue weighted by Crippen LogP contribution is 2.29. The normalized spacial score (nSPS) is 10.0. The van der Waals surface area contributed by atoms with Crippen LogP contribution in [0.15, 0.2) is 12.1 Å². The summed E-state index contributed by atoms with van der Waals surface area (Å²) in [6, 6.07) is 4.30. The Morgan fingerprint density at radius 2 is 1.92 bits per heavy atom. The molecule has 0 aliphatic carbocycles. The fraction of sp³-hybridized carbons (Fsp3) is 0.400. The second-order valence-electron chi connectivity index (χ2n) is 5.02. The second kappa shape index (κ2) is 10.7. The molecule has 0 saturated carbocycles. The number of carbonyl (C=O) groups excluding carboxylic acids is 1. The smallest absolute Gasteiger partial charge is 0.305 e. The summed E-state index contributed by atoms with van der Waals surface area (Å²) in [4.78, 5) is 35.2. The Kier molecular flexibility index (Phi) is 9.01. The Labute approximate surface area is 166 Å². The van der Waals surface area contributed by atoms with E-state index in [0.29, 0.717) is 29.4 Å². The van der Waals surface area contributed by atoms with Crippen molar-refractivity contribution >= 4 is 55.1 Å². The summed E-state index contributed by atoms with van der Waals surface area (Å²) in [7, 11) is 0. The zero-order valence-electron chi connectivity index (χ0n) is 13.6. The molecule has 0 unspecified atom stereocenters. The van der Waals surface area contributed by atoms with Crippen LogP contribution < -0.4 is 10.2 Å². The van der Waals surface area contributed by atoms with Crippen molar-refractivity contribution in [1.29, 1.82) is 5.26 Å². The predicted octanol–water partition coefficient (Wildman–Crippen LogP) is 2.27. The molecular weight excluding hydrogens is 476 g/mol. The molecule has 0 spiro atoms. The van der Waals surface area contributed by atoms with E-state index < -0.39 is 22.5 Å². The Morgan fingerprint density at radius 1 is 1.31 bits per heavy atom. The van der Waals surface area contributed by atoms with Gasteiger partial charge < -0.3 is 15.3 Å². The average molecular weight is 492 g/mol. The van der Waals surface area contributed by atoms with E-state index in [9.17, 15) is 25.0 Å². The summed E-state index contributed by atoms with van der Waals surface area (Å²) in [5.41, 5.74) is -0.236. The van der Waals surface area contributed by atoms with Crippen LogP contribution in [0.3, 0.4) is 0 Å². The number of nitrogens with one attached hydrogen (secondary N) is 1. The number of halogens is 2. The number of carboxylic acid groups (broad SMARTS) is 1. The number of nitro benzene ring substituents is 1. The van der Waals surface area contributed by atoms with Crippen molar-refractivity contribution in [2.24, 2.45) is 0 Å². The Hall–Kier alpha value is -2.19. The number of rotatable bonds is 10. The number of carboxylic acids is 1. The zero-order chi connectivity index (χ0) is 19.7. The molecule has 0 saturated heterocycles. The summed E-state index contributed by atoms with van der Waals surface area (Å²) in [6.07, 6.45) is -0.304. The highest BCUT2D eigenvalue weighted by Gasteiger charge is 2.25. The van der Waals surface area contributed by atoms with Crippen molar-refractivity contribution < 1.29 is 19.6 Å². The molecule has 0 radical (unpaired) electrons. The lowest BCUT2D eigenvalue weighted by atomic mass is 10.0. The number of nitrogens with zero attached hydrogens (tertiary/aromatic N) is 3. The van der Waals surface area contributed by atoms with Gasteiger partial charge in [-0.1, -0.05) is 31.9 Å². The number of alkyl halides is 2. The molecule has 1 rings (SSSR count). The Bertz CT molecular complexity index is 729. The molecule has 0 fully saturated rings. The van der Waals surface area contributed by atoms with Crippen molar-refractivity contribution in [1.82, 2.24) is 5.32 Å². The van der Waals surface area contributed by atoms with Crippen LogP contribution in [0.25, 0.3) is 0 Å². The summed E-state index contributed by atoms with van der Waals surface area (Å²) in [5.74, 6) is -1.86. The van der Waals surface area contributed by atoms with Gasteiger partial charge in [-0.3, -0.25) is 19.7 Å². The first kappa shape index (κ1) is 21.9. The SMILES string of the molecule is N#Cc1cc([N+](=O)[O-])c(C(=O)NCCC(=O)O)cc1N(CCBr)CCBr. The molecule has 0 aliphatic rings. The van der Waals surface area contributed by atoms with Crippen LogP contribution in [0.1, 0.15) is 22.3 Å². The van der Waals surface area contributed by atoms with Crippen LogP contribution in [0, 0.1) is 21.4 Å². The van der Waals surface area contributed by atoms with E-state index in [1.54, 1.807) is 0 Å². The third-order valence-electron chi connectivity index (χ3n) is 3.35. The number of aliphatic carboxylic acids is 1. The van der Waals surface area contributed by atoms with Gasteiger partial charge in [0.05, 0.1) is 22.6 Å². The zero-order valence-corrected chi connectivity index (χ0v) is 16.7. The largest absolute Gasteiger partial charge is 0.481 e. The molecule has 1 amide bonds. The second-order valence-corrected chi connectivity index (χ2v) is 6.61. The van der Waals surface area contributed by atoms with Crippen molar-refractivity contribution in [3.63, 3.8) is 0 Å². The summed E-state index contributed by atoms with van der Waals surface area (Å²) in [5, 5.41) is 32.8. The van der Waals surface area contributed by atoms with E-state index in [0.717, 1.165) is 6.07 Å². The van der Waals surface area contributed by atoms with E-state index >= 15 is 0 Å². The van der Waals surface area contributed by atoms with Crippen LogP contribution in [-0.4, -0.2) is 52.2 Å². The van der Waals surface area contributed by atoms with Crippen LogP contribution in [0.4, 0.5) is 11.4 Å². The molecule has 1 aromatic carbocycles. The topological polar surface area (TPSA) is 137 Å². The Balaban J connectivity index is 3.35. The number of carbonyl (C=O) groups is 2. The summed E-state index contributed by atoms with van der Waals surface area (Å²) < 4.78 is 0. The number of hydrogen-bond acceptors (Lipinski definition) is 6. The van der Waals surface area contributed by atoms with Gasteiger partial charge in [-0.25, -0.2) is 0 Å². The van der Waals surface area contributed by atoms with Gasteiger partial charge >= 0.3 is 5.97 Å². The van der Waals surface area contributed by atoms with E-state index in [2.05, 4.69) is 37.2 Å². The van der Waals surface area contributed by atoms with Gasteiger partial charge in [-0.2, -0.15) is 5.26 Å². The van der Waals surface area contributed by atoms with Gasteiger partial charge in [0.15, 0.2) is 0 Å². The number of nitro groups is 1. The molecule has 9 nitrogen and oxygen atoms in total. The monoisotopic (exact) mass is 490 g/mol. The van der Waals surface area contributed by atoms with Crippen LogP contribution in [0.2, 0.25) is 0 Å². The maximum atomic E-state index is 12.3. The minimum Gasteiger partial charge on any atom is -0.481 e. The highest BCUT2D eigenvalue weighted by molar-refractivity contribution is 9.09. The van der Waals surface area contributed by atoms with Gasteiger partial charge in [0, 0.05) is 36.4 Å². The third-order valence-corrected chi connectivity index (χ3v) is 4.06. The molecule has 0 aromatic heterocycles. The van der Waals surface area contributed by atoms with Gasteiger partial charge in [-0.15, -0.1) is 0 Å². The van der Waals surface area contributed by atoms with Crippen molar-refractivity contribution in [3.05, 3.63) is 33.4 Å². The number of anilines is 1. The van der Waals surface area contributed by atoms with Crippen molar-refractivity contribution in [2.45, 2.75) is 6.42 Å². The summed E-state index contributed by atoms with van der Waals surface area (Å²) >= 11 is 6.63. The quantitative estimate of drug-likeness (QED) is 0.291. The minimum absolute atomic E-state index is 0.0840. The predicted molar refractivity (Wildman–Crippen MR) is 102 cm³/mol. The van der Waals surface area contributed by atoms with Gasteiger partial charge in [0.2, 0.25) is 0 Å². The molecule has 140 valence electrons. The third kappa shape index (κ3) is 5.96. The lowest BCUT2D eigenvalue weighted by Crippen LogP contribution is -2.30. The van der Waals surface area contributed by atoms with E-state index in [4.69, 9.17) is 5.11 Å². The molecule has 0 heterocycles. The summed E-state index contributed by atoms with van der Waals surface area (Å²) in [6.45, 7) is 0.892. The average Bonchev–Trinajstić information content (AvgIpc) is 2.59. The molecule has 2 N–H and O–H groups in total. The van der Waals surface area contributed by atoms with Gasteiger partial charge in [-0.05, 0) is 6.07 Å². The number of hydrogen-bond donors (Lipinski definition) is 2. The van der Waals surface area contributed by atoms with Crippen LogP contribution >= 0.6 is 31.9 Å². The molecule has 1 aromatic rings. The first-order valence-electron chi connectivity index (χ1n) is 7.45. The molecule has 0 atom stereocenters. The maximum absolute atomic E-state index is 12.3. The lowest BCUT2D eigenvalue weighted by Gasteiger charge is -2.24. The molecule has 0 bridgehead atoms.